The lowest BCUT2D eigenvalue weighted by molar-refractivity contribution is 0.0496. The van der Waals surface area contributed by atoms with E-state index in [2.05, 4.69) is 42.2 Å². The molecule has 0 saturated carbocycles. The van der Waals surface area contributed by atoms with Crippen molar-refractivity contribution in [2.75, 3.05) is 49.2 Å². The summed E-state index contributed by atoms with van der Waals surface area (Å²) in [4.78, 5) is 27.1. The summed E-state index contributed by atoms with van der Waals surface area (Å²) < 4.78 is 59.2. The molecule has 16 heteroatoms. The van der Waals surface area contributed by atoms with Crippen LogP contribution in [0.2, 0.25) is 0 Å². The number of halogens is 3. The van der Waals surface area contributed by atoms with Crippen LogP contribution >= 0.6 is 0 Å². The van der Waals surface area contributed by atoms with Gasteiger partial charge in [0.2, 0.25) is 5.95 Å². The molecule has 3 fully saturated rings. The molecule has 4 atom stereocenters. The quantitative estimate of drug-likeness (QED) is 0.322. The first-order chi connectivity index (χ1) is 22.9. The average molecular weight is 676 g/mol. The number of rotatable bonds is 11. The van der Waals surface area contributed by atoms with Crippen LogP contribution in [0.3, 0.4) is 0 Å². The SMILES string of the molecule is C=C/C(F)=C(F)\C=C(\F)C[C@H]1CN(c2ncc(O[C@@H](C)C3CCN(c4nnn([C@@H]5CCOC5)n4)CC3)cn2)C[C@@H]1NC(=O)OC(C)(C)C. The van der Waals surface area contributed by atoms with Gasteiger partial charge in [-0.15, -0.1) is 5.10 Å². The Bertz CT molecular complexity index is 1470. The molecular weight excluding hydrogens is 631 g/mol. The molecule has 3 aliphatic heterocycles. The maximum Gasteiger partial charge on any atom is 0.407 e. The van der Waals surface area contributed by atoms with E-state index in [0.717, 1.165) is 32.4 Å². The van der Waals surface area contributed by atoms with E-state index in [1.165, 1.54) is 0 Å². The number of carbonyl (C=O) groups excluding carboxylic acids is 1. The molecule has 3 aliphatic rings. The first kappa shape index (κ1) is 35.1. The average Bonchev–Trinajstić information content (AvgIpc) is 3.82. The minimum absolute atomic E-state index is 0.0883. The van der Waals surface area contributed by atoms with Crippen molar-refractivity contribution in [2.45, 2.75) is 77.2 Å². The second kappa shape index (κ2) is 15.3. The number of amides is 1. The van der Waals surface area contributed by atoms with Gasteiger partial charge >= 0.3 is 6.09 Å². The molecule has 48 heavy (non-hydrogen) atoms. The number of allylic oxidation sites excluding steroid dienone is 5. The van der Waals surface area contributed by atoms with Crippen LogP contribution in [-0.2, 0) is 9.47 Å². The third kappa shape index (κ3) is 9.23. The zero-order valence-corrected chi connectivity index (χ0v) is 27.8. The largest absolute Gasteiger partial charge is 0.487 e. The van der Waals surface area contributed by atoms with Gasteiger partial charge in [0, 0.05) is 51.2 Å². The molecule has 5 rings (SSSR count). The molecule has 0 spiro atoms. The number of carbonyl (C=O) groups is 1. The van der Waals surface area contributed by atoms with E-state index in [-0.39, 0.29) is 31.7 Å². The number of hydrogen-bond donors (Lipinski definition) is 1. The smallest absolute Gasteiger partial charge is 0.407 e. The predicted octanol–water partition coefficient (Wildman–Crippen LogP) is 5.02. The molecule has 0 bridgehead atoms. The molecule has 262 valence electrons. The Morgan fingerprint density at radius 1 is 1.10 bits per heavy atom. The first-order valence-electron chi connectivity index (χ1n) is 16.3. The van der Waals surface area contributed by atoms with Crippen LogP contribution in [0.5, 0.6) is 5.75 Å². The van der Waals surface area contributed by atoms with Crippen LogP contribution < -0.4 is 19.9 Å². The highest BCUT2D eigenvalue weighted by Crippen LogP contribution is 2.30. The number of nitrogens with one attached hydrogen (secondary N) is 1. The summed E-state index contributed by atoms with van der Waals surface area (Å²) in [5.41, 5.74) is -0.740. The van der Waals surface area contributed by atoms with Gasteiger partial charge in [-0.05, 0) is 64.2 Å². The molecule has 0 radical (unpaired) electrons. The maximum atomic E-state index is 14.8. The third-order valence-corrected chi connectivity index (χ3v) is 8.65. The summed E-state index contributed by atoms with van der Waals surface area (Å²) >= 11 is 0. The molecule has 0 aliphatic carbocycles. The number of piperidine rings is 1. The van der Waals surface area contributed by atoms with Gasteiger partial charge in [-0.3, -0.25) is 0 Å². The fraction of sp³-hybridized carbons (Fsp3) is 0.625. The third-order valence-electron chi connectivity index (χ3n) is 8.65. The lowest BCUT2D eigenvalue weighted by Crippen LogP contribution is -2.43. The van der Waals surface area contributed by atoms with E-state index in [1.807, 2.05) is 6.92 Å². The maximum absolute atomic E-state index is 14.8. The minimum atomic E-state index is -1.36. The van der Waals surface area contributed by atoms with Gasteiger partial charge in [-0.25, -0.2) is 27.9 Å². The normalized spacial score (nSPS) is 23.6. The topological polar surface area (TPSA) is 133 Å². The summed E-state index contributed by atoms with van der Waals surface area (Å²) in [5.74, 6) is -2.18. The highest BCUT2D eigenvalue weighted by Gasteiger charge is 2.37. The number of aromatic nitrogens is 6. The van der Waals surface area contributed by atoms with E-state index in [9.17, 15) is 18.0 Å². The second-order valence-corrected chi connectivity index (χ2v) is 13.4. The van der Waals surface area contributed by atoms with E-state index in [4.69, 9.17) is 14.2 Å². The fourth-order valence-corrected chi connectivity index (χ4v) is 6.09. The first-order valence-corrected chi connectivity index (χ1v) is 16.3. The predicted molar refractivity (Wildman–Crippen MR) is 171 cm³/mol. The van der Waals surface area contributed by atoms with Crippen molar-refractivity contribution >= 4 is 18.0 Å². The summed E-state index contributed by atoms with van der Waals surface area (Å²) in [6.07, 6.45) is 6.01. The van der Waals surface area contributed by atoms with E-state index >= 15 is 0 Å². The lowest BCUT2D eigenvalue weighted by Gasteiger charge is -2.34. The van der Waals surface area contributed by atoms with Crippen molar-refractivity contribution in [3.8, 4) is 5.75 Å². The van der Waals surface area contributed by atoms with Crippen molar-refractivity contribution < 1.29 is 32.2 Å². The van der Waals surface area contributed by atoms with Crippen LogP contribution in [0, 0.1) is 11.8 Å². The Hall–Kier alpha value is -4.21. The van der Waals surface area contributed by atoms with Crippen molar-refractivity contribution in [3.05, 3.63) is 48.6 Å². The number of nitrogens with zero attached hydrogens (tertiary/aromatic N) is 8. The molecule has 2 aromatic rings. The highest BCUT2D eigenvalue weighted by molar-refractivity contribution is 5.68. The fourth-order valence-electron chi connectivity index (χ4n) is 6.09. The highest BCUT2D eigenvalue weighted by atomic mass is 19.2. The van der Waals surface area contributed by atoms with E-state index in [1.54, 1.807) is 42.9 Å². The Morgan fingerprint density at radius 2 is 1.83 bits per heavy atom. The van der Waals surface area contributed by atoms with Crippen LogP contribution in [0.25, 0.3) is 0 Å². The summed E-state index contributed by atoms with van der Waals surface area (Å²) in [5, 5.41) is 15.8. The van der Waals surface area contributed by atoms with Crippen LogP contribution in [0.4, 0.5) is 29.9 Å². The van der Waals surface area contributed by atoms with Crippen molar-refractivity contribution in [1.29, 1.82) is 0 Å². The molecule has 1 N–H and O–H groups in total. The zero-order chi connectivity index (χ0) is 34.4. The Kier molecular flexibility index (Phi) is 11.2. The number of ether oxygens (including phenoxy) is 3. The molecule has 3 saturated heterocycles. The Labute approximate surface area is 278 Å². The van der Waals surface area contributed by atoms with E-state index in [0.29, 0.717) is 48.9 Å². The molecule has 13 nitrogen and oxygen atoms in total. The number of tetrazole rings is 1. The van der Waals surface area contributed by atoms with Gasteiger partial charge in [-0.2, -0.15) is 4.80 Å². The monoisotopic (exact) mass is 675 g/mol. The molecular formula is C32H44F3N9O4. The summed E-state index contributed by atoms with van der Waals surface area (Å²) in [6, 6.07) is -0.432. The standard InChI is InChI=1S/C32H44F3N9O4/c1-6-26(34)27(35)14-23(33)13-22-17-43(18-28(22)38-31(45)48-32(3,4)5)29-36-15-25(16-37-29)47-20(2)21-7-10-42(11-8-21)30-39-41-44(40-30)24-9-12-46-19-24/h6,14-16,20-22,24,28H,1,7-13,17-19H2,2-5H3,(H,38,45)/b23-14+,27-26-/t20-,22-,24+,28-/m0/s1. The van der Waals surface area contributed by atoms with Gasteiger partial charge in [0.05, 0.1) is 37.2 Å². The zero-order valence-electron chi connectivity index (χ0n) is 27.8. The number of anilines is 2. The van der Waals surface area contributed by atoms with E-state index < -0.39 is 41.1 Å². The summed E-state index contributed by atoms with van der Waals surface area (Å²) in [7, 11) is 0. The molecule has 5 heterocycles. The van der Waals surface area contributed by atoms with Crippen molar-refractivity contribution in [1.82, 2.24) is 35.5 Å². The van der Waals surface area contributed by atoms with Gasteiger partial charge in [0.15, 0.2) is 17.4 Å². The second-order valence-electron chi connectivity index (χ2n) is 13.4. The van der Waals surface area contributed by atoms with Crippen molar-refractivity contribution in [2.24, 2.45) is 11.8 Å². The van der Waals surface area contributed by atoms with Gasteiger partial charge in [0.1, 0.15) is 11.4 Å². The van der Waals surface area contributed by atoms with Crippen molar-refractivity contribution in [3.63, 3.8) is 0 Å². The Morgan fingerprint density at radius 3 is 2.48 bits per heavy atom. The molecule has 1 amide bonds. The lowest BCUT2D eigenvalue weighted by atomic mass is 9.92. The summed E-state index contributed by atoms with van der Waals surface area (Å²) in [6.45, 7) is 13.8. The number of hydrogen-bond acceptors (Lipinski definition) is 11. The molecule has 0 aromatic carbocycles. The van der Waals surface area contributed by atoms with Crippen LogP contribution in [0.15, 0.2) is 48.6 Å². The molecule has 0 unspecified atom stereocenters. The van der Waals surface area contributed by atoms with Crippen LogP contribution in [-0.4, -0.2) is 93.4 Å². The molecule has 2 aromatic heterocycles. The Balaban J connectivity index is 1.16. The van der Waals surface area contributed by atoms with Gasteiger partial charge in [-0.1, -0.05) is 11.7 Å². The van der Waals surface area contributed by atoms with Gasteiger partial charge in [0.25, 0.3) is 5.95 Å². The number of alkyl carbamates (subject to hydrolysis) is 1. The van der Waals surface area contributed by atoms with Crippen LogP contribution in [0.1, 0.15) is 59.4 Å². The van der Waals surface area contributed by atoms with Gasteiger partial charge < -0.3 is 29.3 Å². The minimum Gasteiger partial charge on any atom is -0.487 e.